The van der Waals surface area contributed by atoms with Gasteiger partial charge >= 0.3 is 11.4 Å². The Morgan fingerprint density at radius 1 is 0.612 bits per heavy atom. The first-order chi connectivity index (χ1) is 40.3. The van der Waals surface area contributed by atoms with Crippen LogP contribution in [0.4, 0.5) is 8.78 Å². The number of H-pyrrole nitrogens is 2. The van der Waals surface area contributed by atoms with E-state index in [1.165, 1.54) is 20.3 Å². The molecule has 2 aliphatic heterocycles. The molecule has 0 aliphatic carbocycles. The summed E-state index contributed by atoms with van der Waals surface area (Å²) in [7, 11) is 0. The molecule has 4 aromatic carbocycles. The highest BCUT2D eigenvalue weighted by Gasteiger charge is 2.25. The summed E-state index contributed by atoms with van der Waals surface area (Å²) < 4.78 is 33.3. The Morgan fingerprint density at radius 3 is 1.36 bits per heavy atom. The van der Waals surface area contributed by atoms with Crippen molar-refractivity contribution in [2.24, 2.45) is 33.3 Å². The van der Waals surface area contributed by atoms with Crippen molar-refractivity contribution in [2.45, 2.75) is 163 Å². The molecule has 0 radical (unpaired) electrons. The Labute approximate surface area is 508 Å². The fourth-order valence-corrected chi connectivity index (χ4v) is 12.1. The molecule has 8 N–H and O–H groups in total. The van der Waals surface area contributed by atoms with Crippen LogP contribution in [0, 0.1) is 23.5 Å². The average Bonchev–Trinajstić information content (AvgIpc) is 2.75. The van der Waals surface area contributed by atoms with E-state index in [4.69, 9.17) is 34.7 Å². The standard InChI is InChI=1S/2C33H40ClFN6O.CH4/c2*1-20(2)6-4-7-22-16-27(31(35)28(34)17-22)30-18-24-19-41(33(42)40-32(24)39-30)26-12-10-23(11-13-26)29-9-5-8-25(38-29)14-15-37-21(3)36;/h2*10-13,16-20,25,29,38H,4-9,14-15H2,1-3H3,(H2,36,37)(H,39,40,42);1H4/t2*25-,29-;/m10./s1. The maximum atomic E-state index is 15.1. The monoisotopic (exact) mass is 1200 g/mol. The fraction of sp³-hybridized carbons (Fsp3) is 0.433. The molecule has 14 nitrogen and oxygen atoms in total. The molecule has 4 aromatic heterocycles. The van der Waals surface area contributed by atoms with Crippen LogP contribution in [0.15, 0.2) is 117 Å². The minimum absolute atomic E-state index is 0. The molecule has 2 fully saturated rings. The second kappa shape index (κ2) is 29.4. The van der Waals surface area contributed by atoms with Crippen molar-refractivity contribution in [1.82, 2.24) is 39.7 Å². The minimum atomic E-state index is -0.484. The second-order valence-electron chi connectivity index (χ2n) is 23.7. The second-order valence-corrected chi connectivity index (χ2v) is 24.5. The number of aryl methyl sites for hydroxylation is 2. The molecule has 0 spiro atoms. The topological polar surface area (TPSA) is 202 Å². The highest BCUT2D eigenvalue weighted by molar-refractivity contribution is 6.31. The number of nitrogens with one attached hydrogen (secondary N) is 4. The molecule has 0 amide bonds. The Kier molecular flexibility index (Phi) is 22.2. The van der Waals surface area contributed by atoms with Crippen molar-refractivity contribution in [3.8, 4) is 33.9 Å². The number of halogens is 4. The molecule has 0 bridgehead atoms. The van der Waals surface area contributed by atoms with Gasteiger partial charge in [-0.2, -0.15) is 9.97 Å². The molecule has 452 valence electrons. The Bertz CT molecular complexity index is 3480. The summed E-state index contributed by atoms with van der Waals surface area (Å²) in [6, 6.07) is 28.1. The van der Waals surface area contributed by atoms with Crippen LogP contribution in [0.5, 0.6) is 0 Å². The number of benzene rings is 4. The van der Waals surface area contributed by atoms with E-state index in [0.29, 0.717) is 80.2 Å². The Balaban J connectivity index is 0.000000219. The van der Waals surface area contributed by atoms with E-state index >= 15 is 8.78 Å². The lowest BCUT2D eigenvalue weighted by molar-refractivity contribution is 0.315. The van der Waals surface area contributed by atoms with Gasteiger partial charge in [0.05, 0.1) is 44.5 Å². The molecule has 2 saturated heterocycles. The SMILES string of the molecule is C.CC(N)=NCC[C@@H]1CCC[C@@H](c2ccc(-n3cc4cc(-c5cc(CCCC(C)C)cc(Cl)c5F)[nH]c4nc3=O)cc2)N1.CC(N)=NCC[C@H]1CCC[C@H](c2ccc(-n3cc4cc(-c5cc(CCCC(C)C)cc(Cl)c5F)[nH]c4nc3=O)cc2)N1. The maximum absolute atomic E-state index is 15.1. The zero-order chi connectivity index (χ0) is 59.6. The van der Waals surface area contributed by atoms with Crippen LogP contribution in [-0.2, 0) is 12.8 Å². The molecule has 4 atom stereocenters. The zero-order valence-corrected chi connectivity index (χ0v) is 50.7. The van der Waals surface area contributed by atoms with Crippen LogP contribution < -0.4 is 33.5 Å². The highest BCUT2D eigenvalue weighted by Crippen LogP contribution is 2.35. The van der Waals surface area contributed by atoms with Crippen molar-refractivity contribution in [3.63, 3.8) is 0 Å². The number of aromatic amines is 2. The third-order valence-electron chi connectivity index (χ3n) is 16.1. The van der Waals surface area contributed by atoms with Crippen LogP contribution in [-0.4, -0.2) is 65.9 Å². The minimum Gasteiger partial charge on any atom is -0.388 e. The number of hydrogen-bond acceptors (Lipinski definition) is 8. The predicted molar refractivity (Wildman–Crippen MR) is 347 cm³/mol. The van der Waals surface area contributed by atoms with Crippen LogP contribution in [0.25, 0.3) is 56.0 Å². The van der Waals surface area contributed by atoms with Gasteiger partial charge in [0.15, 0.2) is 11.6 Å². The summed E-state index contributed by atoms with van der Waals surface area (Å²) in [4.78, 5) is 49.5. The van der Waals surface area contributed by atoms with Crippen molar-refractivity contribution < 1.29 is 8.78 Å². The lowest BCUT2D eigenvalue weighted by Gasteiger charge is -2.31. The number of nitrogens with zero attached hydrogens (tertiary/aromatic N) is 6. The summed E-state index contributed by atoms with van der Waals surface area (Å²) in [5.41, 5.74) is 19.0. The van der Waals surface area contributed by atoms with Gasteiger partial charge in [-0.15, -0.1) is 0 Å². The van der Waals surface area contributed by atoms with E-state index in [-0.39, 0.29) is 29.6 Å². The summed E-state index contributed by atoms with van der Waals surface area (Å²) in [5, 5.41) is 9.11. The van der Waals surface area contributed by atoms with E-state index in [1.54, 1.807) is 24.5 Å². The molecule has 85 heavy (non-hydrogen) atoms. The first-order valence-electron chi connectivity index (χ1n) is 29.8. The van der Waals surface area contributed by atoms with Crippen LogP contribution in [0.2, 0.25) is 10.0 Å². The smallest absolute Gasteiger partial charge is 0.354 e. The van der Waals surface area contributed by atoms with Gasteiger partial charge < -0.3 is 32.1 Å². The number of aliphatic imine (C=N–C) groups is 2. The van der Waals surface area contributed by atoms with E-state index in [1.807, 2.05) is 62.4 Å². The van der Waals surface area contributed by atoms with Gasteiger partial charge in [0.25, 0.3) is 0 Å². The first kappa shape index (κ1) is 64.0. The fourth-order valence-electron chi connectivity index (χ4n) is 11.6. The number of amidine groups is 2. The normalized spacial score (nSPS) is 17.6. The molecule has 10 rings (SSSR count). The van der Waals surface area contributed by atoms with Gasteiger partial charge in [0.2, 0.25) is 0 Å². The predicted octanol–water partition coefficient (Wildman–Crippen LogP) is 14.8. The molecule has 0 unspecified atom stereocenters. The van der Waals surface area contributed by atoms with Crippen LogP contribution in [0.1, 0.15) is 160 Å². The first-order valence-corrected chi connectivity index (χ1v) is 30.6. The lowest BCUT2D eigenvalue weighted by Crippen LogP contribution is -2.37. The van der Waals surface area contributed by atoms with Gasteiger partial charge in [-0.3, -0.25) is 19.1 Å². The van der Waals surface area contributed by atoms with E-state index in [9.17, 15) is 9.59 Å². The van der Waals surface area contributed by atoms with Gasteiger partial charge in [-0.1, -0.05) is 108 Å². The van der Waals surface area contributed by atoms with Gasteiger partial charge in [0, 0.05) is 71.5 Å². The lowest BCUT2D eigenvalue weighted by atomic mass is 9.92. The summed E-state index contributed by atoms with van der Waals surface area (Å²) in [5.74, 6) is 1.49. The quantitative estimate of drug-likeness (QED) is 0.0319. The maximum Gasteiger partial charge on any atom is 0.354 e. The zero-order valence-electron chi connectivity index (χ0n) is 49.2. The number of aromatic nitrogens is 6. The molecular weight excluding hydrogens is 1110 g/mol. The van der Waals surface area contributed by atoms with Gasteiger partial charge in [-0.25, -0.2) is 18.4 Å². The van der Waals surface area contributed by atoms with Gasteiger partial charge in [-0.05, 0) is 173 Å². The van der Waals surface area contributed by atoms with Crippen molar-refractivity contribution >= 4 is 56.9 Å². The third-order valence-corrected chi connectivity index (χ3v) is 16.6. The summed E-state index contributed by atoms with van der Waals surface area (Å²) in [6.45, 7) is 13.9. The molecule has 2 aliphatic rings. The molecule has 18 heteroatoms. The number of hydrogen-bond donors (Lipinski definition) is 6. The molecule has 6 heterocycles. The molecule has 0 saturated carbocycles. The summed E-state index contributed by atoms with van der Waals surface area (Å²) >= 11 is 12.6. The number of piperidine rings is 2. The van der Waals surface area contributed by atoms with Crippen molar-refractivity contribution in [1.29, 1.82) is 0 Å². The Morgan fingerprint density at radius 2 is 1.00 bits per heavy atom. The summed E-state index contributed by atoms with van der Waals surface area (Å²) in [6.07, 6.45) is 18.0. The van der Waals surface area contributed by atoms with Crippen molar-refractivity contribution in [3.05, 3.63) is 162 Å². The molecular formula is C67H84Cl2F2N12O2. The number of rotatable bonds is 20. The molecule has 8 aromatic rings. The van der Waals surface area contributed by atoms with Gasteiger partial charge in [0.1, 0.15) is 11.3 Å². The highest BCUT2D eigenvalue weighted by atomic mass is 35.5. The Hall–Kier alpha value is -6.98. The number of fused-ring (bicyclic) bond motifs is 2. The number of nitrogens with two attached hydrogens (primary N) is 2. The third kappa shape index (κ3) is 16.7. The largest absolute Gasteiger partial charge is 0.388 e. The van der Waals surface area contributed by atoms with Crippen molar-refractivity contribution in [2.75, 3.05) is 13.1 Å². The average molecular weight is 1200 g/mol. The van der Waals surface area contributed by atoms with E-state index in [0.717, 1.165) is 125 Å². The van der Waals surface area contributed by atoms with Crippen LogP contribution >= 0.6 is 23.2 Å². The van der Waals surface area contributed by atoms with E-state index < -0.39 is 23.0 Å². The van der Waals surface area contributed by atoms with Crippen LogP contribution in [0.3, 0.4) is 0 Å². The van der Waals surface area contributed by atoms with E-state index in [2.05, 4.69) is 92.5 Å².